The lowest BCUT2D eigenvalue weighted by atomic mass is 10.1. The van der Waals surface area contributed by atoms with Crippen LogP contribution in [0.5, 0.6) is 5.75 Å². The monoisotopic (exact) mass is 383 g/mol. The summed E-state index contributed by atoms with van der Waals surface area (Å²) in [5, 5.41) is 4.27. The van der Waals surface area contributed by atoms with Crippen LogP contribution in [0.3, 0.4) is 0 Å². The van der Waals surface area contributed by atoms with Crippen LogP contribution < -0.4 is 21.0 Å². The Balaban J connectivity index is 1.59. The molecule has 0 saturated carbocycles. The Hall–Kier alpha value is -4.06. The zero-order valence-corrected chi connectivity index (χ0v) is 16.0. The van der Waals surface area contributed by atoms with Gasteiger partial charge in [0, 0.05) is 11.1 Å². The number of methoxy groups -OCH3 is 1. The van der Waals surface area contributed by atoms with Crippen LogP contribution >= 0.6 is 0 Å². The van der Waals surface area contributed by atoms with Crippen LogP contribution in [0.4, 0.5) is 0 Å². The van der Waals surface area contributed by atoms with Crippen molar-refractivity contribution in [2.75, 3.05) is 7.11 Å². The largest absolute Gasteiger partial charge is 0.497 e. The SMILES string of the molecule is COc1ccc(C=NNC2=NC(c3ccccc3)=C(c3ccccc3)NN2)cc1. The molecule has 29 heavy (non-hydrogen) atoms. The molecule has 6 nitrogen and oxygen atoms in total. The number of hydrazine groups is 1. The van der Waals surface area contributed by atoms with Crippen LogP contribution in [0.1, 0.15) is 16.7 Å². The maximum Gasteiger partial charge on any atom is 0.236 e. The molecule has 0 fully saturated rings. The Kier molecular flexibility index (Phi) is 5.53. The van der Waals surface area contributed by atoms with Crippen molar-refractivity contribution in [3.63, 3.8) is 0 Å². The number of nitrogens with zero attached hydrogens (tertiary/aromatic N) is 2. The number of nitrogens with one attached hydrogen (secondary N) is 3. The summed E-state index contributed by atoms with van der Waals surface area (Å²) in [7, 11) is 1.64. The van der Waals surface area contributed by atoms with Gasteiger partial charge in [0.15, 0.2) is 0 Å². The van der Waals surface area contributed by atoms with E-state index in [0.29, 0.717) is 5.96 Å². The molecule has 3 aromatic rings. The van der Waals surface area contributed by atoms with E-state index in [1.54, 1.807) is 13.3 Å². The second-order valence-electron chi connectivity index (χ2n) is 6.31. The number of hydrogen-bond acceptors (Lipinski definition) is 6. The van der Waals surface area contributed by atoms with Gasteiger partial charge < -0.3 is 4.74 Å². The summed E-state index contributed by atoms with van der Waals surface area (Å²) >= 11 is 0. The third-order valence-corrected chi connectivity index (χ3v) is 4.38. The molecule has 144 valence electrons. The molecule has 4 rings (SSSR count). The summed E-state index contributed by atoms with van der Waals surface area (Å²) in [6.45, 7) is 0. The van der Waals surface area contributed by atoms with Crippen molar-refractivity contribution < 1.29 is 4.74 Å². The lowest BCUT2D eigenvalue weighted by Gasteiger charge is -2.22. The van der Waals surface area contributed by atoms with Crippen LogP contribution in [0.25, 0.3) is 11.4 Å². The lowest BCUT2D eigenvalue weighted by Crippen LogP contribution is -2.45. The molecule has 0 aliphatic carbocycles. The maximum atomic E-state index is 5.17. The minimum Gasteiger partial charge on any atom is -0.497 e. The fourth-order valence-electron chi connectivity index (χ4n) is 2.91. The summed E-state index contributed by atoms with van der Waals surface area (Å²) in [5.41, 5.74) is 14.0. The Labute approximate surface area is 169 Å². The first-order chi connectivity index (χ1) is 14.3. The van der Waals surface area contributed by atoms with E-state index in [9.17, 15) is 0 Å². The fraction of sp³-hybridized carbons (Fsp3) is 0.0435. The number of guanidine groups is 1. The third-order valence-electron chi connectivity index (χ3n) is 4.38. The van der Waals surface area contributed by atoms with Gasteiger partial charge in [-0.3, -0.25) is 10.9 Å². The fourth-order valence-corrected chi connectivity index (χ4v) is 2.91. The van der Waals surface area contributed by atoms with Gasteiger partial charge in [-0.15, -0.1) is 0 Å². The van der Waals surface area contributed by atoms with Crippen molar-refractivity contribution in [3.8, 4) is 5.75 Å². The van der Waals surface area contributed by atoms with E-state index in [1.807, 2.05) is 84.9 Å². The van der Waals surface area contributed by atoms with Gasteiger partial charge in [0.1, 0.15) is 5.75 Å². The first-order valence-electron chi connectivity index (χ1n) is 9.22. The molecule has 0 saturated heterocycles. The van der Waals surface area contributed by atoms with Crippen LogP contribution in [-0.2, 0) is 0 Å². The molecule has 1 aliphatic heterocycles. The van der Waals surface area contributed by atoms with Gasteiger partial charge in [0.05, 0.1) is 24.7 Å². The molecule has 6 heteroatoms. The summed E-state index contributed by atoms with van der Waals surface area (Å²) in [4.78, 5) is 4.75. The molecule has 0 amide bonds. The first kappa shape index (κ1) is 18.3. The highest BCUT2D eigenvalue weighted by atomic mass is 16.5. The van der Waals surface area contributed by atoms with Crippen LogP contribution in [0.2, 0.25) is 0 Å². The minimum absolute atomic E-state index is 0.508. The number of aliphatic imine (C=N–C) groups is 1. The summed E-state index contributed by atoms with van der Waals surface area (Å²) < 4.78 is 5.17. The summed E-state index contributed by atoms with van der Waals surface area (Å²) in [5.74, 6) is 1.32. The van der Waals surface area contributed by atoms with Gasteiger partial charge in [-0.25, -0.2) is 10.4 Å². The van der Waals surface area contributed by atoms with E-state index in [2.05, 4.69) is 21.4 Å². The second-order valence-corrected chi connectivity index (χ2v) is 6.31. The van der Waals surface area contributed by atoms with Crippen LogP contribution in [0, 0.1) is 0 Å². The van der Waals surface area contributed by atoms with E-state index in [1.165, 1.54) is 0 Å². The normalized spacial score (nSPS) is 13.5. The molecule has 0 spiro atoms. The standard InChI is InChI=1S/C23H21N5O/c1-29-20-14-12-17(13-15-20)16-24-27-23-25-21(18-8-4-2-5-9-18)22(26-28-23)19-10-6-3-7-11-19/h2-16,26H,1H3,(H2,25,27,28). The molecule has 0 bridgehead atoms. The minimum atomic E-state index is 0.508. The molecule has 0 aromatic heterocycles. The van der Waals surface area contributed by atoms with Gasteiger partial charge in [0.2, 0.25) is 5.96 Å². The Morgan fingerprint density at radius 2 is 1.48 bits per heavy atom. The molecular weight excluding hydrogens is 362 g/mol. The van der Waals surface area contributed by atoms with Crippen molar-refractivity contribution in [2.24, 2.45) is 10.1 Å². The van der Waals surface area contributed by atoms with E-state index >= 15 is 0 Å². The lowest BCUT2D eigenvalue weighted by molar-refractivity contribution is 0.415. The Morgan fingerprint density at radius 3 is 2.14 bits per heavy atom. The predicted octanol–water partition coefficient (Wildman–Crippen LogP) is 3.61. The number of rotatable bonds is 5. The molecule has 1 aliphatic rings. The van der Waals surface area contributed by atoms with Crippen molar-refractivity contribution in [1.29, 1.82) is 0 Å². The van der Waals surface area contributed by atoms with E-state index in [0.717, 1.165) is 33.8 Å². The average molecular weight is 383 g/mol. The number of hydrazone groups is 1. The van der Waals surface area contributed by atoms with E-state index in [4.69, 9.17) is 9.73 Å². The maximum absolute atomic E-state index is 5.17. The van der Waals surface area contributed by atoms with Gasteiger partial charge in [0.25, 0.3) is 0 Å². The van der Waals surface area contributed by atoms with Gasteiger partial charge in [-0.05, 0) is 29.8 Å². The van der Waals surface area contributed by atoms with Crippen molar-refractivity contribution in [3.05, 3.63) is 102 Å². The topological polar surface area (TPSA) is 70.0 Å². The second kappa shape index (κ2) is 8.75. The molecule has 0 radical (unpaired) electrons. The van der Waals surface area contributed by atoms with Gasteiger partial charge in [-0.2, -0.15) is 5.10 Å². The van der Waals surface area contributed by atoms with E-state index in [-0.39, 0.29) is 0 Å². The van der Waals surface area contributed by atoms with Crippen LogP contribution in [0.15, 0.2) is 95.0 Å². The zero-order valence-electron chi connectivity index (χ0n) is 16.0. The van der Waals surface area contributed by atoms with Crippen molar-refractivity contribution in [2.45, 2.75) is 0 Å². The third kappa shape index (κ3) is 4.44. The quantitative estimate of drug-likeness (QED) is 0.465. The van der Waals surface area contributed by atoms with E-state index < -0.39 is 0 Å². The Bertz CT molecular complexity index is 1040. The number of benzene rings is 3. The molecule has 0 atom stereocenters. The van der Waals surface area contributed by atoms with Gasteiger partial charge in [-0.1, -0.05) is 60.7 Å². The summed E-state index contributed by atoms with van der Waals surface area (Å²) in [6, 6.07) is 27.8. The van der Waals surface area contributed by atoms with Crippen molar-refractivity contribution >= 4 is 23.6 Å². The Morgan fingerprint density at radius 1 is 0.828 bits per heavy atom. The summed E-state index contributed by atoms with van der Waals surface area (Å²) in [6.07, 6.45) is 1.72. The van der Waals surface area contributed by atoms with Gasteiger partial charge >= 0.3 is 0 Å². The van der Waals surface area contributed by atoms with Crippen LogP contribution in [-0.4, -0.2) is 19.3 Å². The molecular formula is C23H21N5O. The predicted molar refractivity (Wildman–Crippen MR) is 117 cm³/mol. The molecule has 3 N–H and O–H groups in total. The van der Waals surface area contributed by atoms with Crippen molar-refractivity contribution in [1.82, 2.24) is 16.3 Å². The highest BCUT2D eigenvalue weighted by Crippen LogP contribution is 2.26. The number of hydrogen-bond donors (Lipinski definition) is 3. The first-order valence-corrected chi connectivity index (χ1v) is 9.22. The smallest absolute Gasteiger partial charge is 0.236 e. The average Bonchev–Trinajstić information content (AvgIpc) is 2.80. The highest BCUT2D eigenvalue weighted by Gasteiger charge is 2.17. The number of ether oxygens (including phenoxy) is 1. The molecule has 3 aromatic carbocycles. The zero-order chi connectivity index (χ0) is 19.9. The highest BCUT2D eigenvalue weighted by molar-refractivity contribution is 5.99. The molecule has 0 unspecified atom stereocenters. The molecule has 1 heterocycles.